The molecule has 0 spiro atoms. The number of carbonyl (C=O) groups is 2. The summed E-state index contributed by atoms with van der Waals surface area (Å²) < 4.78 is 5.88. The first-order chi connectivity index (χ1) is 16.1. The van der Waals surface area contributed by atoms with Gasteiger partial charge in [0.25, 0.3) is 0 Å². The van der Waals surface area contributed by atoms with Crippen LogP contribution in [0.3, 0.4) is 0 Å². The molecular weight excluding hydrogens is 454 g/mol. The highest BCUT2D eigenvalue weighted by molar-refractivity contribution is 6.33. The Bertz CT molecular complexity index is 1380. The van der Waals surface area contributed by atoms with Crippen molar-refractivity contribution in [2.24, 2.45) is 0 Å². The number of aromatic amines is 1. The maximum atomic E-state index is 11.4. The molecule has 0 bridgehead atoms. The number of benzene rings is 2. The zero-order chi connectivity index (χ0) is 24.5. The molecule has 0 aliphatic carbocycles. The summed E-state index contributed by atoms with van der Waals surface area (Å²) in [7, 11) is 0. The fourth-order valence-electron chi connectivity index (χ4n) is 3.66. The number of amides is 2. The molecule has 0 aliphatic heterocycles. The number of halogens is 1. The third kappa shape index (κ3) is 5.18. The molecule has 8 nitrogen and oxygen atoms in total. The van der Waals surface area contributed by atoms with Gasteiger partial charge in [0.15, 0.2) is 5.65 Å². The number of nitrogens with one attached hydrogen (secondary N) is 3. The molecule has 9 heteroatoms. The van der Waals surface area contributed by atoms with Crippen LogP contribution in [0, 0.1) is 0 Å². The van der Waals surface area contributed by atoms with E-state index < -0.39 is 5.54 Å². The molecule has 4 aromatic rings. The van der Waals surface area contributed by atoms with Gasteiger partial charge in [-0.3, -0.25) is 9.59 Å². The number of fused-ring (bicyclic) bond motifs is 1. The van der Waals surface area contributed by atoms with Crippen molar-refractivity contribution in [3.05, 3.63) is 65.2 Å². The molecule has 2 aromatic heterocycles. The van der Waals surface area contributed by atoms with E-state index in [0.717, 1.165) is 11.1 Å². The summed E-state index contributed by atoms with van der Waals surface area (Å²) in [6.45, 7) is 6.81. The maximum Gasteiger partial charge on any atom is 0.301 e. The van der Waals surface area contributed by atoms with Gasteiger partial charge in [0.2, 0.25) is 11.8 Å². The highest BCUT2D eigenvalue weighted by Crippen LogP contribution is 2.32. The Balaban J connectivity index is 1.58. The minimum Gasteiger partial charge on any atom is -0.426 e. The molecule has 0 saturated heterocycles. The number of imidazole rings is 1. The van der Waals surface area contributed by atoms with Crippen molar-refractivity contribution >= 4 is 40.3 Å². The lowest BCUT2D eigenvalue weighted by atomic mass is 9.94. The van der Waals surface area contributed by atoms with Gasteiger partial charge in [-0.05, 0) is 49.7 Å². The molecule has 4 rings (SSSR count). The average Bonchev–Trinajstić information content (AvgIpc) is 3.13. The molecule has 0 atom stereocenters. The number of hydrogen-bond donors (Lipinski definition) is 3. The van der Waals surface area contributed by atoms with Crippen LogP contribution in [0.5, 0.6) is 11.8 Å². The maximum absolute atomic E-state index is 11.4. The number of ether oxygens (including phenoxy) is 1. The number of hydrogen-bond acceptors (Lipinski definition) is 5. The number of carbonyl (C=O) groups excluding carboxylic acids is 2. The van der Waals surface area contributed by atoms with Gasteiger partial charge in [0.05, 0.1) is 21.8 Å². The van der Waals surface area contributed by atoms with Gasteiger partial charge in [-0.2, -0.15) is 4.98 Å². The van der Waals surface area contributed by atoms with Gasteiger partial charge in [-0.15, -0.1) is 0 Å². The largest absolute Gasteiger partial charge is 0.426 e. The summed E-state index contributed by atoms with van der Waals surface area (Å²) in [5.41, 5.74) is 3.47. The van der Waals surface area contributed by atoms with Crippen LogP contribution in [0.15, 0.2) is 54.6 Å². The molecule has 3 N–H and O–H groups in total. The Hall–Kier alpha value is -3.91. The van der Waals surface area contributed by atoms with E-state index in [-0.39, 0.29) is 17.8 Å². The Morgan fingerprint density at radius 1 is 1.00 bits per heavy atom. The summed E-state index contributed by atoms with van der Waals surface area (Å²) >= 11 is 6.49. The van der Waals surface area contributed by atoms with Crippen LogP contribution in [0.25, 0.3) is 22.4 Å². The summed E-state index contributed by atoms with van der Waals surface area (Å²) in [5, 5.41) is 6.11. The Morgan fingerprint density at radius 2 is 1.74 bits per heavy atom. The summed E-state index contributed by atoms with van der Waals surface area (Å²) in [6.07, 6.45) is 0. The van der Waals surface area contributed by atoms with E-state index in [1.54, 1.807) is 18.2 Å². The fraction of sp³-hybridized carbons (Fsp3) is 0.200. The van der Waals surface area contributed by atoms with Crippen molar-refractivity contribution in [3.63, 3.8) is 0 Å². The van der Waals surface area contributed by atoms with Crippen molar-refractivity contribution in [1.29, 1.82) is 0 Å². The van der Waals surface area contributed by atoms with E-state index in [1.807, 2.05) is 50.2 Å². The zero-order valence-corrected chi connectivity index (χ0v) is 19.9. The Kier molecular flexibility index (Phi) is 6.26. The number of aromatic nitrogens is 3. The Labute approximate surface area is 201 Å². The second kappa shape index (κ2) is 9.15. The van der Waals surface area contributed by atoms with E-state index in [9.17, 15) is 9.59 Å². The molecule has 2 aromatic carbocycles. The van der Waals surface area contributed by atoms with Crippen molar-refractivity contribution in [2.45, 2.75) is 33.2 Å². The van der Waals surface area contributed by atoms with Gasteiger partial charge in [-0.25, -0.2) is 4.98 Å². The molecular formula is C25H24ClN5O3. The van der Waals surface area contributed by atoms with E-state index in [1.165, 1.54) is 13.8 Å². The summed E-state index contributed by atoms with van der Waals surface area (Å²) in [6, 6.07) is 16.7. The van der Waals surface area contributed by atoms with Gasteiger partial charge >= 0.3 is 6.01 Å². The van der Waals surface area contributed by atoms with E-state index in [4.69, 9.17) is 16.3 Å². The van der Waals surface area contributed by atoms with Crippen LogP contribution in [0.1, 0.15) is 33.3 Å². The Morgan fingerprint density at radius 3 is 2.41 bits per heavy atom. The van der Waals surface area contributed by atoms with Crippen molar-refractivity contribution in [3.8, 4) is 23.0 Å². The van der Waals surface area contributed by atoms with Gasteiger partial charge < -0.3 is 20.4 Å². The van der Waals surface area contributed by atoms with Crippen molar-refractivity contribution < 1.29 is 14.3 Å². The second-order valence-corrected chi connectivity index (χ2v) is 8.83. The molecule has 0 fully saturated rings. The lowest BCUT2D eigenvalue weighted by Crippen LogP contribution is -2.39. The first-order valence-electron chi connectivity index (χ1n) is 10.6. The lowest BCUT2D eigenvalue weighted by molar-refractivity contribution is -0.120. The minimum absolute atomic E-state index is 0.0972. The van der Waals surface area contributed by atoms with E-state index >= 15 is 0 Å². The second-order valence-electron chi connectivity index (χ2n) is 8.43. The van der Waals surface area contributed by atoms with Gasteiger partial charge in [-0.1, -0.05) is 35.9 Å². The van der Waals surface area contributed by atoms with Crippen LogP contribution < -0.4 is 15.4 Å². The SMILES string of the molecule is CC(=O)Nc1cccc(-c2nc3nc(Oc4ccc(C(C)(C)NC(C)=O)cc4)[nH]c3cc2Cl)c1. The number of rotatable bonds is 6. The molecule has 0 radical (unpaired) electrons. The number of pyridine rings is 1. The summed E-state index contributed by atoms with van der Waals surface area (Å²) in [4.78, 5) is 34.9. The predicted octanol–water partition coefficient (Wildman–Crippen LogP) is 5.40. The van der Waals surface area contributed by atoms with Gasteiger partial charge in [0, 0.05) is 25.1 Å². The van der Waals surface area contributed by atoms with Crippen molar-refractivity contribution in [1.82, 2.24) is 20.3 Å². The topological polar surface area (TPSA) is 109 Å². The van der Waals surface area contributed by atoms with Crippen molar-refractivity contribution in [2.75, 3.05) is 5.32 Å². The molecule has 174 valence electrons. The fourth-order valence-corrected chi connectivity index (χ4v) is 3.92. The lowest BCUT2D eigenvalue weighted by Gasteiger charge is -2.26. The molecule has 0 saturated carbocycles. The minimum atomic E-state index is -0.502. The van der Waals surface area contributed by atoms with Crippen LogP contribution in [0.2, 0.25) is 5.02 Å². The predicted molar refractivity (Wildman–Crippen MR) is 132 cm³/mol. The molecule has 34 heavy (non-hydrogen) atoms. The van der Waals surface area contributed by atoms with Crippen LogP contribution in [-0.4, -0.2) is 26.8 Å². The highest BCUT2D eigenvalue weighted by atomic mass is 35.5. The molecule has 2 heterocycles. The van der Waals surface area contributed by atoms with Crippen LogP contribution >= 0.6 is 11.6 Å². The number of anilines is 1. The highest BCUT2D eigenvalue weighted by Gasteiger charge is 2.21. The smallest absolute Gasteiger partial charge is 0.301 e. The third-order valence-corrected chi connectivity index (χ3v) is 5.43. The summed E-state index contributed by atoms with van der Waals surface area (Å²) in [5.74, 6) is 0.322. The van der Waals surface area contributed by atoms with E-state index in [0.29, 0.717) is 33.3 Å². The quantitative estimate of drug-likeness (QED) is 0.344. The third-order valence-electron chi connectivity index (χ3n) is 5.14. The number of H-pyrrole nitrogens is 1. The molecule has 0 unspecified atom stereocenters. The first kappa shape index (κ1) is 23.3. The van der Waals surface area contributed by atoms with Crippen LogP contribution in [0.4, 0.5) is 5.69 Å². The monoisotopic (exact) mass is 477 g/mol. The van der Waals surface area contributed by atoms with E-state index in [2.05, 4.69) is 25.6 Å². The first-order valence-corrected chi connectivity index (χ1v) is 11.0. The average molecular weight is 478 g/mol. The number of nitrogens with zero attached hydrogens (tertiary/aromatic N) is 2. The van der Waals surface area contributed by atoms with Gasteiger partial charge in [0.1, 0.15) is 5.75 Å². The van der Waals surface area contributed by atoms with Crippen LogP contribution in [-0.2, 0) is 15.1 Å². The molecule has 0 aliphatic rings. The standard InChI is InChI=1S/C25H24ClN5O3/c1-14(32)27-18-7-5-6-16(12-18)22-20(26)13-21-23(29-22)30-24(28-21)34-19-10-8-17(9-11-19)25(3,4)31-15(2)33/h5-13H,1-4H3,(H,27,32)(H,31,33)(H,28,29,30). The zero-order valence-electron chi connectivity index (χ0n) is 19.2. The normalized spacial score (nSPS) is 11.3. The molecule has 2 amide bonds.